The lowest BCUT2D eigenvalue weighted by molar-refractivity contribution is 0.366. The molecule has 0 amide bonds. The van der Waals surface area contributed by atoms with E-state index in [1.807, 2.05) is 0 Å². The summed E-state index contributed by atoms with van der Waals surface area (Å²) in [6.45, 7) is 2.71. The van der Waals surface area contributed by atoms with Gasteiger partial charge >= 0.3 is 0 Å². The van der Waals surface area contributed by atoms with Crippen molar-refractivity contribution in [3.8, 4) is 11.5 Å². The molecule has 6 heteroatoms. The van der Waals surface area contributed by atoms with Gasteiger partial charge in [-0.25, -0.2) is 9.37 Å². The number of nitrogens with two attached hydrogens (primary N) is 1. The average Bonchev–Trinajstić information content (AvgIpc) is 2.85. The molecule has 0 saturated heterocycles. The van der Waals surface area contributed by atoms with Crippen molar-refractivity contribution in [1.29, 1.82) is 0 Å². The normalized spacial score (nSPS) is 12.6. The van der Waals surface area contributed by atoms with Crippen LogP contribution in [-0.2, 0) is 6.42 Å². The summed E-state index contributed by atoms with van der Waals surface area (Å²) >= 11 is 0. The molecule has 2 aromatic rings. The predicted molar refractivity (Wildman–Crippen MR) is 64.0 cm³/mol. The van der Waals surface area contributed by atoms with Crippen molar-refractivity contribution in [2.75, 3.05) is 6.54 Å². The van der Waals surface area contributed by atoms with E-state index in [1.54, 1.807) is 0 Å². The Hall–Kier alpha value is -1.82. The number of rotatable bonds is 5. The van der Waals surface area contributed by atoms with Gasteiger partial charge in [-0.3, -0.25) is 0 Å². The summed E-state index contributed by atoms with van der Waals surface area (Å²) in [5, 5.41) is 3.82. The third-order valence-electron chi connectivity index (χ3n) is 2.68. The van der Waals surface area contributed by atoms with Crippen LogP contribution < -0.4 is 5.73 Å². The SMILES string of the molecule is CC(CN)CCc1nc(-c2ccc(F)cn2)no1. The number of aryl methyl sites for hydroxylation is 1. The van der Waals surface area contributed by atoms with Gasteiger partial charge in [0.1, 0.15) is 11.5 Å². The number of halogens is 1. The zero-order chi connectivity index (χ0) is 13.0. The maximum atomic E-state index is 12.7. The van der Waals surface area contributed by atoms with Crippen molar-refractivity contribution >= 4 is 0 Å². The minimum Gasteiger partial charge on any atom is -0.339 e. The summed E-state index contributed by atoms with van der Waals surface area (Å²) in [5.74, 6) is 0.963. The van der Waals surface area contributed by atoms with Crippen LogP contribution in [0.4, 0.5) is 4.39 Å². The molecule has 0 aliphatic rings. The monoisotopic (exact) mass is 250 g/mol. The predicted octanol–water partition coefficient (Wildman–Crippen LogP) is 1.80. The second-order valence-corrected chi connectivity index (χ2v) is 4.25. The second kappa shape index (κ2) is 5.68. The molecule has 2 N–H and O–H groups in total. The molecule has 18 heavy (non-hydrogen) atoms. The van der Waals surface area contributed by atoms with Crippen molar-refractivity contribution in [2.24, 2.45) is 11.7 Å². The third kappa shape index (κ3) is 3.10. The third-order valence-corrected chi connectivity index (χ3v) is 2.68. The molecule has 1 unspecified atom stereocenters. The van der Waals surface area contributed by atoms with Crippen LogP contribution in [0.2, 0.25) is 0 Å². The van der Waals surface area contributed by atoms with Crippen LogP contribution in [-0.4, -0.2) is 21.7 Å². The summed E-state index contributed by atoms with van der Waals surface area (Å²) in [5.41, 5.74) is 6.03. The van der Waals surface area contributed by atoms with Gasteiger partial charge in [-0.15, -0.1) is 0 Å². The topological polar surface area (TPSA) is 77.8 Å². The van der Waals surface area contributed by atoms with Gasteiger partial charge in [0.25, 0.3) is 0 Å². The van der Waals surface area contributed by atoms with Crippen molar-refractivity contribution in [3.05, 3.63) is 30.0 Å². The average molecular weight is 250 g/mol. The van der Waals surface area contributed by atoms with Gasteiger partial charge in [-0.2, -0.15) is 4.98 Å². The zero-order valence-electron chi connectivity index (χ0n) is 10.1. The molecule has 0 aliphatic heterocycles. The fourth-order valence-electron chi connectivity index (χ4n) is 1.46. The highest BCUT2D eigenvalue weighted by molar-refractivity contribution is 5.47. The van der Waals surface area contributed by atoms with Crippen molar-refractivity contribution in [2.45, 2.75) is 19.8 Å². The Morgan fingerprint density at radius 3 is 2.94 bits per heavy atom. The van der Waals surface area contributed by atoms with E-state index >= 15 is 0 Å². The van der Waals surface area contributed by atoms with E-state index in [-0.39, 0.29) is 5.82 Å². The molecule has 96 valence electrons. The highest BCUT2D eigenvalue weighted by Gasteiger charge is 2.10. The first kappa shape index (κ1) is 12.6. The molecule has 0 fully saturated rings. The van der Waals surface area contributed by atoms with Gasteiger partial charge in [0.15, 0.2) is 0 Å². The first-order valence-corrected chi connectivity index (χ1v) is 5.83. The van der Waals surface area contributed by atoms with Gasteiger partial charge in [0, 0.05) is 6.42 Å². The Morgan fingerprint density at radius 2 is 2.28 bits per heavy atom. The van der Waals surface area contributed by atoms with Crippen molar-refractivity contribution in [3.63, 3.8) is 0 Å². The Kier molecular flexibility index (Phi) is 3.99. The maximum absolute atomic E-state index is 12.7. The molecule has 0 spiro atoms. The number of pyridine rings is 1. The van der Waals surface area contributed by atoms with Gasteiger partial charge in [-0.1, -0.05) is 12.1 Å². The van der Waals surface area contributed by atoms with Gasteiger partial charge in [-0.05, 0) is 31.0 Å². The van der Waals surface area contributed by atoms with Crippen molar-refractivity contribution in [1.82, 2.24) is 15.1 Å². The molecule has 5 nitrogen and oxygen atoms in total. The highest BCUT2D eigenvalue weighted by atomic mass is 19.1. The summed E-state index contributed by atoms with van der Waals surface area (Å²) in [6.07, 6.45) is 2.71. The van der Waals surface area contributed by atoms with Crippen LogP contribution in [0.1, 0.15) is 19.2 Å². The van der Waals surface area contributed by atoms with Crippen LogP contribution in [0, 0.1) is 11.7 Å². The van der Waals surface area contributed by atoms with E-state index in [4.69, 9.17) is 10.3 Å². The van der Waals surface area contributed by atoms with Crippen LogP contribution in [0.15, 0.2) is 22.9 Å². The number of aromatic nitrogens is 3. The van der Waals surface area contributed by atoms with Crippen LogP contribution >= 0.6 is 0 Å². The van der Waals surface area contributed by atoms with E-state index in [1.165, 1.54) is 12.1 Å². The minimum absolute atomic E-state index is 0.380. The molecule has 2 aromatic heterocycles. The number of nitrogens with zero attached hydrogens (tertiary/aromatic N) is 3. The molecule has 0 radical (unpaired) electrons. The fourth-order valence-corrected chi connectivity index (χ4v) is 1.46. The first-order chi connectivity index (χ1) is 8.69. The van der Waals surface area contributed by atoms with E-state index < -0.39 is 0 Å². The molecule has 2 rings (SSSR count). The molecule has 2 heterocycles. The number of hydrogen-bond acceptors (Lipinski definition) is 5. The molecular formula is C12H15FN4O. The molecule has 0 saturated carbocycles. The van der Waals surface area contributed by atoms with Gasteiger partial charge in [0.05, 0.1) is 6.20 Å². The first-order valence-electron chi connectivity index (χ1n) is 5.83. The molecule has 1 atom stereocenters. The highest BCUT2D eigenvalue weighted by Crippen LogP contribution is 2.14. The Morgan fingerprint density at radius 1 is 1.44 bits per heavy atom. The van der Waals surface area contributed by atoms with Crippen molar-refractivity contribution < 1.29 is 8.91 Å². The van der Waals surface area contributed by atoms with E-state index in [2.05, 4.69) is 22.0 Å². The van der Waals surface area contributed by atoms with Crippen LogP contribution in [0.25, 0.3) is 11.5 Å². The summed E-state index contributed by atoms with van der Waals surface area (Å²) in [7, 11) is 0. The minimum atomic E-state index is -0.390. The molecule has 0 aromatic carbocycles. The van der Waals surface area contributed by atoms with E-state index in [0.29, 0.717) is 36.3 Å². The molecule has 0 bridgehead atoms. The molecular weight excluding hydrogens is 235 g/mol. The Labute approximate surface area is 104 Å². The lowest BCUT2D eigenvalue weighted by Gasteiger charge is -2.03. The molecule has 0 aliphatic carbocycles. The summed E-state index contributed by atoms with van der Waals surface area (Å²) in [6, 6.07) is 2.83. The lowest BCUT2D eigenvalue weighted by atomic mass is 10.1. The maximum Gasteiger partial charge on any atom is 0.227 e. The standard InChI is InChI=1S/C12H15FN4O/c1-8(6-14)2-5-11-16-12(17-18-11)10-4-3-9(13)7-15-10/h3-4,7-8H,2,5-6,14H2,1H3. The lowest BCUT2D eigenvalue weighted by Crippen LogP contribution is -2.11. The van der Waals surface area contributed by atoms with Crippen LogP contribution in [0.5, 0.6) is 0 Å². The summed E-state index contributed by atoms with van der Waals surface area (Å²) in [4.78, 5) is 8.11. The Bertz CT molecular complexity index is 497. The van der Waals surface area contributed by atoms with E-state index in [0.717, 1.165) is 12.6 Å². The van der Waals surface area contributed by atoms with Gasteiger partial charge < -0.3 is 10.3 Å². The van der Waals surface area contributed by atoms with E-state index in [9.17, 15) is 4.39 Å². The van der Waals surface area contributed by atoms with Crippen LogP contribution in [0.3, 0.4) is 0 Å². The second-order valence-electron chi connectivity index (χ2n) is 4.25. The quantitative estimate of drug-likeness (QED) is 0.875. The van der Waals surface area contributed by atoms with Gasteiger partial charge in [0.2, 0.25) is 11.7 Å². The Balaban J connectivity index is 2.03. The summed E-state index contributed by atoms with van der Waals surface area (Å²) < 4.78 is 17.8. The largest absolute Gasteiger partial charge is 0.339 e. The number of hydrogen-bond donors (Lipinski definition) is 1. The zero-order valence-corrected chi connectivity index (χ0v) is 10.1. The smallest absolute Gasteiger partial charge is 0.227 e. The fraction of sp³-hybridized carbons (Fsp3) is 0.417.